The minimum Gasteiger partial charge on any atom is -0.438 e. The Morgan fingerprint density at radius 1 is 1.00 bits per heavy atom. The number of para-hydroxylation sites is 1. The summed E-state index contributed by atoms with van der Waals surface area (Å²) in [4.78, 5) is 2.15. The number of ether oxygens (including phenoxy) is 2. The lowest BCUT2D eigenvalue weighted by molar-refractivity contribution is 0.0846. The highest BCUT2D eigenvalue weighted by atomic mass is 19.1. The maximum Gasteiger partial charge on any atom is 0.227 e. The van der Waals surface area contributed by atoms with E-state index in [1.165, 1.54) is 12.1 Å². The van der Waals surface area contributed by atoms with E-state index >= 15 is 0 Å². The predicted octanol–water partition coefficient (Wildman–Crippen LogP) is 5.42. The van der Waals surface area contributed by atoms with Crippen molar-refractivity contribution < 1.29 is 19.0 Å². The van der Waals surface area contributed by atoms with Crippen LogP contribution >= 0.6 is 0 Å². The molecule has 1 aromatic heterocycles. The van der Waals surface area contributed by atoms with Crippen molar-refractivity contribution in [2.24, 2.45) is 0 Å². The molecule has 6 nitrogen and oxygen atoms in total. The van der Waals surface area contributed by atoms with Gasteiger partial charge >= 0.3 is 0 Å². The van der Waals surface area contributed by atoms with Gasteiger partial charge in [0.2, 0.25) is 5.88 Å². The first-order valence-electron chi connectivity index (χ1n) is 12.6. The van der Waals surface area contributed by atoms with E-state index in [9.17, 15) is 9.50 Å². The molecule has 1 heterocycles. The summed E-state index contributed by atoms with van der Waals surface area (Å²) in [7, 11) is 1.67. The fraction of sp³-hybridized carbons (Fsp3) is 0.300. The first-order valence-corrected chi connectivity index (χ1v) is 12.6. The normalized spacial score (nSPS) is 12.1. The van der Waals surface area contributed by atoms with Gasteiger partial charge in [-0.15, -0.1) is 0 Å². The van der Waals surface area contributed by atoms with E-state index in [1.807, 2.05) is 60.7 Å². The Balaban J connectivity index is 1.67. The summed E-state index contributed by atoms with van der Waals surface area (Å²) in [6.07, 6.45) is 0.696. The number of benzene rings is 3. The Bertz CT molecular complexity index is 1250. The second-order valence-electron chi connectivity index (χ2n) is 8.96. The molecule has 0 amide bonds. The van der Waals surface area contributed by atoms with E-state index in [0.29, 0.717) is 50.7 Å². The number of aliphatic hydroxyl groups is 1. The van der Waals surface area contributed by atoms with Crippen molar-refractivity contribution in [2.45, 2.75) is 32.4 Å². The summed E-state index contributed by atoms with van der Waals surface area (Å²) in [5, 5.41) is 15.8. The zero-order chi connectivity index (χ0) is 26.0. The number of halogens is 1. The molecule has 0 saturated carbocycles. The number of nitrogens with zero attached hydrogens (tertiary/aromatic N) is 3. The summed E-state index contributed by atoms with van der Waals surface area (Å²) in [5.74, 6) is 0.563. The predicted molar refractivity (Wildman–Crippen MR) is 143 cm³/mol. The van der Waals surface area contributed by atoms with E-state index in [0.717, 1.165) is 22.5 Å². The van der Waals surface area contributed by atoms with Gasteiger partial charge in [0.15, 0.2) is 0 Å². The molecule has 0 bridgehead atoms. The lowest BCUT2D eigenvalue weighted by Crippen LogP contribution is -2.35. The van der Waals surface area contributed by atoms with Crippen LogP contribution in [-0.2, 0) is 24.1 Å². The smallest absolute Gasteiger partial charge is 0.227 e. The Kier molecular flexibility index (Phi) is 9.43. The van der Waals surface area contributed by atoms with Gasteiger partial charge in [-0.05, 0) is 42.7 Å². The molecule has 0 spiro atoms. The van der Waals surface area contributed by atoms with Gasteiger partial charge in [0.1, 0.15) is 11.6 Å². The summed E-state index contributed by atoms with van der Waals surface area (Å²) >= 11 is 0. The molecule has 7 heteroatoms. The summed E-state index contributed by atoms with van der Waals surface area (Å²) < 4.78 is 27.4. The SMILES string of the molecule is CCc1nn(-c2ccccc2)c(Oc2cccc(F)c2)c1CN(CCOC)C[C@@H](O)Cc1ccccc1. The first-order chi connectivity index (χ1) is 18.1. The van der Waals surface area contributed by atoms with Gasteiger partial charge in [-0.1, -0.05) is 61.5 Å². The molecule has 0 fully saturated rings. The van der Waals surface area contributed by atoms with Crippen LogP contribution in [0.5, 0.6) is 11.6 Å². The van der Waals surface area contributed by atoms with Crippen LogP contribution in [0.3, 0.4) is 0 Å². The van der Waals surface area contributed by atoms with Crippen LogP contribution in [-0.4, -0.2) is 52.7 Å². The molecule has 0 aliphatic heterocycles. The fourth-order valence-electron chi connectivity index (χ4n) is 4.34. The molecular weight excluding hydrogens is 469 g/mol. The lowest BCUT2D eigenvalue weighted by atomic mass is 10.1. The van der Waals surface area contributed by atoms with Crippen molar-refractivity contribution in [1.82, 2.24) is 14.7 Å². The van der Waals surface area contributed by atoms with E-state index in [4.69, 9.17) is 14.6 Å². The van der Waals surface area contributed by atoms with Gasteiger partial charge in [-0.25, -0.2) is 9.07 Å². The van der Waals surface area contributed by atoms with Crippen molar-refractivity contribution in [2.75, 3.05) is 26.8 Å². The number of aromatic nitrogens is 2. The molecule has 4 rings (SSSR count). The number of hydrogen-bond acceptors (Lipinski definition) is 5. The summed E-state index contributed by atoms with van der Waals surface area (Å²) in [6, 6.07) is 25.8. The molecule has 1 atom stereocenters. The third-order valence-corrected chi connectivity index (χ3v) is 6.14. The average Bonchev–Trinajstić information content (AvgIpc) is 3.25. The summed E-state index contributed by atoms with van der Waals surface area (Å²) in [6.45, 7) is 4.15. The number of aliphatic hydroxyl groups excluding tert-OH is 1. The molecule has 0 saturated heterocycles. The van der Waals surface area contributed by atoms with Crippen molar-refractivity contribution >= 4 is 0 Å². The number of rotatable bonds is 13. The van der Waals surface area contributed by atoms with Crippen LogP contribution in [0.25, 0.3) is 5.69 Å². The molecule has 1 N–H and O–H groups in total. The lowest BCUT2D eigenvalue weighted by Gasteiger charge is -2.25. The molecule has 0 aliphatic rings. The Morgan fingerprint density at radius 2 is 1.73 bits per heavy atom. The molecule has 4 aromatic rings. The van der Waals surface area contributed by atoms with E-state index in [2.05, 4.69) is 11.8 Å². The number of methoxy groups -OCH3 is 1. The maximum atomic E-state index is 14.0. The van der Waals surface area contributed by atoms with Crippen molar-refractivity contribution in [3.8, 4) is 17.3 Å². The largest absolute Gasteiger partial charge is 0.438 e. The molecule has 0 aliphatic carbocycles. The second-order valence-corrected chi connectivity index (χ2v) is 8.96. The van der Waals surface area contributed by atoms with Crippen LogP contribution in [0.2, 0.25) is 0 Å². The van der Waals surface area contributed by atoms with Crippen LogP contribution < -0.4 is 4.74 Å². The number of hydrogen-bond donors (Lipinski definition) is 1. The zero-order valence-corrected chi connectivity index (χ0v) is 21.4. The van der Waals surface area contributed by atoms with Crippen molar-refractivity contribution in [1.29, 1.82) is 0 Å². The molecular formula is C30H34FN3O3. The van der Waals surface area contributed by atoms with Crippen LogP contribution in [0.4, 0.5) is 4.39 Å². The average molecular weight is 504 g/mol. The van der Waals surface area contributed by atoms with Crippen LogP contribution in [0.15, 0.2) is 84.9 Å². The van der Waals surface area contributed by atoms with Crippen LogP contribution in [0.1, 0.15) is 23.7 Å². The highest BCUT2D eigenvalue weighted by Crippen LogP contribution is 2.32. The van der Waals surface area contributed by atoms with Crippen molar-refractivity contribution in [3.05, 3.63) is 108 Å². The van der Waals surface area contributed by atoms with E-state index < -0.39 is 6.10 Å². The van der Waals surface area contributed by atoms with E-state index in [1.54, 1.807) is 23.9 Å². The zero-order valence-electron chi connectivity index (χ0n) is 21.4. The minimum atomic E-state index is -0.555. The third kappa shape index (κ3) is 7.26. The molecule has 0 radical (unpaired) electrons. The maximum absolute atomic E-state index is 14.0. The Morgan fingerprint density at radius 3 is 2.41 bits per heavy atom. The monoisotopic (exact) mass is 503 g/mol. The molecule has 37 heavy (non-hydrogen) atoms. The van der Waals surface area contributed by atoms with Gasteiger partial charge in [0.25, 0.3) is 0 Å². The highest BCUT2D eigenvalue weighted by Gasteiger charge is 2.24. The second kappa shape index (κ2) is 13.1. The van der Waals surface area contributed by atoms with Gasteiger partial charge in [-0.3, -0.25) is 4.90 Å². The Labute approximate surface area is 217 Å². The van der Waals surface area contributed by atoms with Gasteiger partial charge in [0.05, 0.1) is 29.7 Å². The third-order valence-electron chi connectivity index (χ3n) is 6.14. The van der Waals surface area contributed by atoms with Gasteiger partial charge in [-0.2, -0.15) is 5.10 Å². The minimum absolute atomic E-state index is 0.369. The standard InChI is InChI=1S/C30H34FN3O3/c1-3-29-28(22-33(17-18-36-2)21-26(35)19-23-11-6-4-7-12-23)30(37-27-16-10-13-24(31)20-27)34(32-29)25-14-8-5-9-15-25/h4-16,20,26,35H,3,17-19,21-22H2,1-2H3/t26-/m0/s1. The molecule has 3 aromatic carbocycles. The van der Waals surface area contributed by atoms with Crippen LogP contribution in [0, 0.1) is 5.82 Å². The fourth-order valence-corrected chi connectivity index (χ4v) is 4.34. The number of aryl methyl sites for hydroxylation is 1. The van der Waals surface area contributed by atoms with Crippen molar-refractivity contribution in [3.63, 3.8) is 0 Å². The highest BCUT2D eigenvalue weighted by molar-refractivity contribution is 5.43. The Hall–Kier alpha value is -3.52. The summed E-state index contributed by atoms with van der Waals surface area (Å²) in [5.41, 5.74) is 3.72. The van der Waals surface area contributed by atoms with Gasteiger partial charge in [0, 0.05) is 32.8 Å². The first kappa shape index (κ1) is 26.5. The topological polar surface area (TPSA) is 59.8 Å². The molecule has 194 valence electrons. The quantitative estimate of drug-likeness (QED) is 0.264. The molecule has 0 unspecified atom stereocenters. The van der Waals surface area contributed by atoms with E-state index in [-0.39, 0.29) is 5.82 Å². The van der Waals surface area contributed by atoms with Gasteiger partial charge < -0.3 is 14.6 Å².